The van der Waals surface area contributed by atoms with Crippen LogP contribution in [0.1, 0.15) is 23.5 Å². The van der Waals surface area contributed by atoms with Crippen LogP contribution in [0.25, 0.3) is 0 Å². The summed E-state index contributed by atoms with van der Waals surface area (Å²) in [4.78, 5) is 11.1. The first-order valence-corrected chi connectivity index (χ1v) is 6.40. The Labute approximate surface area is 116 Å². The Morgan fingerprint density at radius 2 is 1.80 bits per heavy atom. The van der Waals surface area contributed by atoms with Crippen LogP contribution >= 0.6 is 0 Å². The van der Waals surface area contributed by atoms with Gasteiger partial charge in [0, 0.05) is 5.92 Å². The zero-order valence-corrected chi connectivity index (χ0v) is 10.8. The summed E-state index contributed by atoms with van der Waals surface area (Å²) in [6.07, 6.45) is 0.0453. The van der Waals surface area contributed by atoms with Gasteiger partial charge < -0.3 is 14.6 Å². The van der Waals surface area contributed by atoms with E-state index in [4.69, 9.17) is 14.6 Å². The van der Waals surface area contributed by atoms with Crippen molar-refractivity contribution in [2.24, 2.45) is 0 Å². The van der Waals surface area contributed by atoms with Crippen LogP contribution in [0.4, 0.5) is 0 Å². The second-order valence-corrected chi connectivity index (χ2v) is 4.67. The van der Waals surface area contributed by atoms with Crippen molar-refractivity contribution in [1.82, 2.24) is 0 Å². The number of hydrogen-bond donors (Lipinski definition) is 1. The van der Waals surface area contributed by atoms with Gasteiger partial charge in [-0.3, -0.25) is 4.79 Å². The highest BCUT2D eigenvalue weighted by molar-refractivity contribution is 5.69. The topological polar surface area (TPSA) is 55.8 Å². The van der Waals surface area contributed by atoms with Crippen molar-refractivity contribution in [1.29, 1.82) is 0 Å². The van der Waals surface area contributed by atoms with Crippen molar-refractivity contribution in [2.45, 2.75) is 12.3 Å². The number of hydrogen-bond acceptors (Lipinski definition) is 3. The Morgan fingerprint density at radius 3 is 2.55 bits per heavy atom. The molecular formula is C16H14O4. The Morgan fingerprint density at radius 1 is 1.05 bits per heavy atom. The van der Waals surface area contributed by atoms with Crippen molar-refractivity contribution < 1.29 is 19.4 Å². The summed E-state index contributed by atoms with van der Waals surface area (Å²) < 4.78 is 10.6. The first kappa shape index (κ1) is 12.5. The predicted octanol–water partition coefficient (Wildman–Crippen LogP) is 3.02. The van der Waals surface area contributed by atoms with Crippen molar-refractivity contribution in [3.8, 4) is 11.5 Å². The van der Waals surface area contributed by atoms with Crippen LogP contribution in [-0.4, -0.2) is 17.9 Å². The lowest BCUT2D eigenvalue weighted by atomic mass is 9.88. The van der Waals surface area contributed by atoms with Crippen LogP contribution in [0.3, 0.4) is 0 Å². The molecule has 0 radical (unpaired) electrons. The van der Waals surface area contributed by atoms with E-state index in [-0.39, 0.29) is 19.1 Å². The summed E-state index contributed by atoms with van der Waals surface area (Å²) in [6.45, 7) is 0.216. The molecule has 0 spiro atoms. The van der Waals surface area contributed by atoms with Gasteiger partial charge in [0.2, 0.25) is 6.79 Å². The van der Waals surface area contributed by atoms with E-state index in [9.17, 15) is 4.79 Å². The lowest BCUT2D eigenvalue weighted by Gasteiger charge is -2.16. The van der Waals surface area contributed by atoms with E-state index in [1.165, 1.54) is 0 Å². The molecule has 0 fully saturated rings. The Hall–Kier alpha value is -2.49. The SMILES string of the molecule is O=C(O)C[C@H](c1ccccc1)c1ccc2c(c1)OCO2. The molecule has 1 N–H and O–H groups in total. The molecule has 102 valence electrons. The van der Waals surface area contributed by atoms with Crippen molar-refractivity contribution >= 4 is 5.97 Å². The number of carbonyl (C=O) groups is 1. The Balaban J connectivity index is 1.99. The van der Waals surface area contributed by atoms with E-state index in [0.717, 1.165) is 11.1 Å². The summed E-state index contributed by atoms with van der Waals surface area (Å²) >= 11 is 0. The van der Waals surface area contributed by atoms with Crippen LogP contribution < -0.4 is 9.47 Å². The van der Waals surface area contributed by atoms with Crippen LogP contribution in [-0.2, 0) is 4.79 Å². The molecule has 0 saturated carbocycles. The number of aliphatic carboxylic acids is 1. The molecule has 0 saturated heterocycles. The van der Waals surface area contributed by atoms with Gasteiger partial charge in [0.25, 0.3) is 0 Å². The van der Waals surface area contributed by atoms with Crippen LogP contribution in [0.2, 0.25) is 0 Å². The first-order valence-electron chi connectivity index (χ1n) is 6.40. The van der Waals surface area contributed by atoms with Crippen molar-refractivity contribution in [3.05, 3.63) is 59.7 Å². The molecule has 2 aromatic carbocycles. The van der Waals surface area contributed by atoms with Gasteiger partial charge in [-0.15, -0.1) is 0 Å². The van der Waals surface area contributed by atoms with Gasteiger partial charge >= 0.3 is 5.97 Å². The van der Waals surface area contributed by atoms with E-state index >= 15 is 0 Å². The van der Waals surface area contributed by atoms with E-state index in [2.05, 4.69) is 0 Å². The quantitative estimate of drug-likeness (QED) is 0.927. The average molecular weight is 270 g/mol. The molecule has 1 atom stereocenters. The van der Waals surface area contributed by atoms with Crippen LogP contribution in [0, 0.1) is 0 Å². The number of carboxylic acids is 1. The fraction of sp³-hybridized carbons (Fsp3) is 0.188. The maximum atomic E-state index is 11.1. The second-order valence-electron chi connectivity index (χ2n) is 4.67. The third-order valence-electron chi connectivity index (χ3n) is 3.38. The Bertz CT molecular complexity index is 622. The Kier molecular flexibility index (Phi) is 3.29. The van der Waals surface area contributed by atoms with E-state index < -0.39 is 5.97 Å². The van der Waals surface area contributed by atoms with Gasteiger partial charge in [-0.1, -0.05) is 36.4 Å². The summed E-state index contributed by atoms with van der Waals surface area (Å²) in [5, 5.41) is 9.14. The van der Waals surface area contributed by atoms with E-state index in [0.29, 0.717) is 11.5 Å². The van der Waals surface area contributed by atoms with Gasteiger partial charge in [0.15, 0.2) is 11.5 Å². The number of fused-ring (bicyclic) bond motifs is 1. The summed E-state index contributed by atoms with van der Waals surface area (Å²) in [6, 6.07) is 15.2. The van der Waals surface area contributed by atoms with Crippen LogP contribution in [0.5, 0.6) is 11.5 Å². The minimum atomic E-state index is -0.823. The smallest absolute Gasteiger partial charge is 0.304 e. The minimum Gasteiger partial charge on any atom is -0.481 e. The molecule has 1 aliphatic rings. The molecule has 1 heterocycles. The van der Waals surface area contributed by atoms with Gasteiger partial charge in [-0.2, -0.15) is 0 Å². The van der Waals surface area contributed by atoms with Gasteiger partial charge in [-0.05, 0) is 23.3 Å². The number of benzene rings is 2. The molecule has 0 bridgehead atoms. The molecule has 3 rings (SSSR count). The molecule has 1 aliphatic heterocycles. The lowest BCUT2D eigenvalue weighted by Crippen LogP contribution is -2.07. The number of carboxylic acid groups (broad SMARTS) is 1. The molecule has 0 aromatic heterocycles. The second kappa shape index (κ2) is 5.25. The van der Waals surface area contributed by atoms with Crippen LogP contribution in [0.15, 0.2) is 48.5 Å². The standard InChI is InChI=1S/C16H14O4/c17-16(18)9-13(11-4-2-1-3-5-11)12-6-7-14-15(8-12)20-10-19-14/h1-8,13H,9-10H2,(H,17,18)/t13-/m1/s1. The average Bonchev–Trinajstić information content (AvgIpc) is 2.93. The summed E-state index contributed by atoms with van der Waals surface area (Å²) in [5.74, 6) is 0.365. The predicted molar refractivity (Wildman–Crippen MR) is 73.1 cm³/mol. The van der Waals surface area contributed by atoms with Gasteiger partial charge in [-0.25, -0.2) is 0 Å². The third kappa shape index (κ3) is 2.45. The van der Waals surface area contributed by atoms with E-state index in [1.807, 2.05) is 48.5 Å². The molecule has 0 unspecified atom stereocenters. The summed E-state index contributed by atoms with van der Waals surface area (Å²) in [5.41, 5.74) is 1.90. The molecule has 2 aromatic rings. The number of rotatable bonds is 4. The maximum Gasteiger partial charge on any atom is 0.304 e. The maximum absolute atomic E-state index is 11.1. The largest absolute Gasteiger partial charge is 0.481 e. The molecule has 4 heteroatoms. The van der Waals surface area contributed by atoms with Gasteiger partial charge in [0.05, 0.1) is 6.42 Å². The molecule has 0 amide bonds. The molecular weight excluding hydrogens is 256 g/mol. The monoisotopic (exact) mass is 270 g/mol. The third-order valence-corrected chi connectivity index (χ3v) is 3.38. The highest BCUT2D eigenvalue weighted by Crippen LogP contribution is 2.37. The van der Waals surface area contributed by atoms with Gasteiger partial charge in [0.1, 0.15) is 0 Å². The number of ether oxygens (including phenoxy) is 2. The molecule has 0 aliphatic carbocycles. The van der Waals surface area contributed by atoms with Crippen molar-refractivity contribution in [3.63, 3.8) is 0 Å². The normalized spacial score (nSPS) is 14.0. The van der Waals surface area contributed by atoms with E-state index in [1.54, 1.807) is 0 Å². The lowest BCUT2D eigenvalue weighted by molar-refractivity contribution is -0.137. The highest BCUT2D eigenvalue weighted by Gasteiger charge is 2.21. The summed E-state index contributed by atoms with van der Waals surface area (Å²) in [7, 11) is 0. The minimum absolute atomic E-state index is 0.0453. The highest BCUT2D eigenvalue weighted by atomic mass is 16.7. The fourth-order valence-corrected chi connectivity index (χ4v) is 2.42. The fourth-order valence-electron chi connectivity index (χ4n) is 2.42. The first-order chi connectivity index (χ1) is 9.74. The molecule has 20 heavy (non-hydrogen) atoms. The molecule has 4 nitrogen and oxygen atoms in total. The zero-order valence-electron chi connectivity index (χ0n) is 10.8. The van der Waals surface area contributed by atoms with Crippen molar-refractivity contribution in [2.75, 3.05) is 6.79 Å². The zero-order chi connectivity index (χ0) is 13.9.